The van der Waals surface area contributed by atoms with Crippen molar-refractivity contribution in [3.05, 3.63) is 48.9 Å². The first-order valence-corrected chi connectivity index (χ1v) is 11.4. The molecule has 9 nitrogen and oxygen atoms in total. The van der Waals surface area contributed by atoms with Gasteiger partial charge in [0.05, 0.1) is 0 Å². The summed E-state index contributed by atoms with van der Waals surface area (Å²) in [6.45, 7) is 9.32. The molecule has 9 heteroatoms. The van der Waals surface area contributed by atoms with E-state index in [1.54, 1.807) is 31.2 Å². The Morgan fingerprint density at radius 2 is 1.50 bits per heavy atom. The first-order chi connectivity index (χ1) is 16.1. The Balaban J connectivity index is 1.74. The van der Waals surface area contributed by atoms with Gasteiger partial charge in [-0.25, -0.2) is 0 Å². The predicted molar refractivity (Wildman–Crippen MR) is 128 cm³/mol. The van der Waals surface area contributed by atoms with Crippen molar-refractivity contribution in [2.75, 3.05) is 11.9 Å². The molecule has 1 heterocycles. The normalized spacial score (nSPS) is 14.8. The third kappa shape index (κ3) is 8.13. The Labute approximate surface area is 200 Å². The maximum absolute atomic E-state index is 12.7. The zero-order valence-electron chi connectivity index (χ0n) is 19.9. The van der Waals surface area contributed by atoms with Crippen molar-refractivity contribution in [2.45, 2.75) is 58.5 Å². The van der Waals surface area contributed by atoms with Crippen molar-refractivity contribution in [2.24, 2.45) is 5.92 Å². The Kier molecular flexibility index (Phi) is 9.97. The van der Waals surface area contributed by atoms with E-state index in [1.165, 1.54) is 17.1 Å². The highest BCUT2D eigenvalue weighted by Gasteiger charge is 2.27. The number of nitrogens with one attached hydrogen (secondary N) is 3. The lowest BCUT2D eigenvalue weighted by Gasteiger charge is -2.24. The van der Waals surface area contributed by atoms with E-state index >= 15 is 0 Å². The summed E-state index contributed by atoms with van der Waals surface area (Å²) in [6.07, 6.45) is 4.54. The van der Waals surface area contributed by atoms with Crippen molar-refractivity contribution in [1.82, 2.24) is 15.5 Å². The summed E-state index contributed by atoms with van der Waals surface area (Å²) in [5.41, 5.74) is 1.42. The van der Waals surface area contributed by atoms with E-state index in [0.29, 0.717) is 31.5 Å². The monoisotopic (exact) mass is 469 g/mol. The second kappa shape index (κ2) is 12.7. The molecule has 1 radical (unpaired) electrons. The van der Waals surface area contributed by atoms with Gasteiger partial charge in [0.1, 0.15) is 12.1 Å². The molecular weight excluding hydrogens is 436 g/mol. The number of unbranched alkanes of at least 4 members (excludes halogenated alkanes) is 2. The van der Waals surface area contributed by atoms with Gasteiger partial charge in [-0.1, -0.05) is 32.4 Å². The highest BCUT2D eigenvalue weighted by molar-refractivity contribution is 6.12. The molecule has 1 aromatic rings. The minimum absolute atomic E-state index is 0.177. The van der Waals surface area contributed by atoms with Crippen LogP contribution < -0.4 is 16.0 Å². The average molecular weight is 470 g/mol. The highest BCUT2D eigenvalue weighted by atomic mass is 16.2. The van der Waals surface area contributed by atoms with Crippen LogP contribution in [0.4, 0.5) is 5.69 Å². The number of amides is 5. The number of carbonyl (C=O) groups is 5. The Hall–Kier alpha value is -3.49. The molecule has 0 saturated heterocycles. The molecule has 2 rings (SSSR count). The van der Waals surface area contributed by atoms with Crippen LogP contribution in [0, 0.1) is 12.8 Å². The standard InChI is InChI=1S/C25H33N4O5/c1-16(2)23(25(34)26-18(4)24(33)27-19-11-9-17(3)10-12-19)28-20(30)8-6-5-7-15-29-21(31)13-14-22(29)32/h9-14,16,18,23H,3,5-8,15H2,1-2,4H3,(H,26,34)(H,27,33)(H,28,30)/t18-,23-/m0/s1. The zero-order chi connectivity index (χ0) is 25.3. The molecule has 34 heavy (non-hydrogen) atoms. The van der Waals surface area contributed by atoms with E-state index in [0.717, 1.165) is 5.56 Å². The van der Waals surface area contributed by atoms with Crippen LogP contribution in [-0.4, -0.2) is 53.1 Å². The fourth-order valence-corrected chi connectivity index (χ4v) is 3.37. The Morgan fingerprint density at radius 1 is 0.882 bits per heavy atom. The van der Waals surface area contributed by atoms with Crippen molar-refractivity contribution in [3.8, 4) is 0 Å². The van der Waals surface area contributed by atoms with Gasteiger partial charge in [-0.05, 0) is 50.3 Å². The molecule has 0 aromatic heterocycles. The SMILES string of the molecule is [CH2]c1ccc(NC(=O)[C@H](C)NC(=O)[C@@H](NC(=O)CCCCCN2C(=O)C=CC2=O)C(C)C)cc1. The third-order valence-corrected chi connectivity index (χ3v) is 5.43. The van der Waals surface area contributed by atoms with E-state index in [4.69, 9.17) is 0 Å². The van der Waals surface area contributed by atoms with Crippen molar-refractivity contribution in [1.29, 1.82) is 0 Å². The number of hydrogen-bond donors (Lipinski definition) is 3. The van der Waals surface area contributed by atoms with Crippen LogP contribution in [0.25, 0.3) is 0 Å². The predicted octanol–water partition coefficient (Wildman–Crippen LogP) is 1.94. The third-order valence-electron chi connectivity index (χ3n) is 5.43. The maximum Gasteiger partial charge on any atom is 0.253 e. The fraction of sp³-hybridized carbons (Fsp3) is 0.440. The topological polar surface area (TPSA) is 125 Å². The lowest BCUT2D eigenvalue weighted by atomic mass is 10.0. The van der Waals surface area contributed by atoms with Gasteiger partial charge in [0.15, 0.2) is 0 Å². The first kappa shape index (κ1) is 26.8. The molecule has 2 atom stereocenters. The van der Waals surface area contributed by atoms with Gasteiger partial charge in [-0.3, -0.25) is 28.9 Å². The summed E-state index contributed by atoms with van der Waals surface area (Å²) in [4.78, 5) is 61.7. The van der Waals surface area contributed by atoms with E-state index < -0.39 is 18.0 Å². The summed E-state index contributed by atoms with van der Waals surface area (Å²) in [7, 11) is 0. The van der Waals surface area contributed by atoms with Crippen LogP contribution in [0.3, 0.4) is 0 Å². The highest BCUT2D eigenvalue weighted by Crippen LogP contribution is 2.10. The van der Waals surface area contributed by atoms with Gasteiger partial charge in [0.2, 0.25) is 17.7 Å². The van der Waals surface area contributed by atoms with Gasteiger partial charge in [0.25, 0.3) is 11.8 Å². The molecule has 0 saturated carbocycles. The van der Waals surface area contributed by atoms with E-state index in [2.05, 4.69) is 22.9 Å². The van der Waals surface area contributed by atoms with E-state index in [9.17, 15) is 24.0 Å². The molecule has 1 aliphatic rings. The van der Waals surface area contributed by atoms with Crippen LogP contribution in [0.15, 0.2) is 36.4 Å². The largest absolute Gasteiger partial charge is 0.344 e. The second-order valence-corrected chi connectivity index (χ2v) is 8.68. The molecule has 5 amide bonds. The number of benzene rings is 1. The molecule has 0 fully saturated rings. The number of rotatable bonds is 12. The lowest BCUT2D eigenvalue weighted by Crippen LogP contribution is -2.53. The number of nitrogens with zero attached hydrogens (tertiary/aromatic N) is 1. The van der Waals surface area contributed by atoms with E-state index in [-0.39, 0.29) is 36.0 Å². The van der Waals surface area contributed by atoms with Crippen molar-refractivity contribution < 1.29 is 24.0 Å². The molecule has 0 unspecified atom stereocenters. The molecule has 0 bridgehead atoms. The summed E-state index contributed by atoms with van der Waals surface area (Å²) in [6, 6.07) is 5.42. The number of anilines is 1. The number of carbonyl (C=O) groups excluding carboxylic acids is 5. The summed E-state index contributed by atoms with van der Waals surface area (Å²) in [5.74, 6) is -1.88. The number of hydrogen-bond acceptors (Lipinski definition) is 5. The van der Waals surface area contributed by atoms with Gasteiger partial charge in [-0.2, -0.15) is 0 Å². The zero-order valence-corrected chi connectivity index (χ0v) is 19.9. The molecule has 1 aromatic carbocycles. The summed E-state index contributed by atoms with van der Waals surface area (Å²) in [5, 5.41) is 8.14. The van der Waals surface area contributed by atoms with Gasteiger partial charge >= 0.3 is 0 Å². The molecular formula is C25H33N4O5. The molecule has 0 spiro atoms. The summed E-state index contributed by atoms with van der Waals surface area (Å²) >= 11 is 0. The second-order valence-electron chi connectivity index (χ2n) is 8.68. The lowest BCUT2D eigenvalue weighted by molar-refractivity contribution is -0.137. The molecule has 1 aliphatic heterocycles. The molecule has 0 aliphatic carbocycles. The minimum atomic E-state index is -0.796. The minimum Gasteiger partial charge on any atom is -0.344 e. The number of imide groups is 1. The fourth-order valence-electron chi connectivity index (χ4n) is 3.37. The van der Waals surface area contributed by atoms with Gasteiger partial charge < -0.3 is 16.0 Å². The Morgan fingerprint density at radius 3 is 2.09 bits per heavy atom. The van der Waals surface area contributed by atoms with Crippen LogP contribution in [0.1, 0.15) is 52.0 Å². The maximum atomic E-state index is 12.7. The van der Waals surface area contributed by atoms with E-state index in [1.807, 2.05) is 13.8 Å². The van der Waals surface area contributed by atoms with Gasteiger partial charge in [-0.15, -0.1) is 0 Å². The average Bonchev–Trinajstić information content (AvgIpc) is 3.10. The van der Waals surface area contributed by atoms with Crippen LogP contribution >= 0.6 is 0 Å². The van der Waals surface area contributed by atoms with Gasteiger partial charge in [0, 0.05) is 30.8 Å². The smallest absolute Gasteiger partial charge is 0.253 e. The summed E-state index contributed by atoms with van der Waals surface area (Å²) < 4.78 is 0. The molecule has 3 N–H and O–H groups in total. The van der Waals surface area contributed by atoms with Crippen LogP contribution in [0.5, 0.6) is 0 Å². The molecule has 183 valence electrons. The van der Waals surface area contributed by atoms with Crippen molar-refractivity contribution in [3.63, 3.8) is 0 Å². The first-order valence-electron chi connectivity index (χ1n) is 11.4. The van der Waals surface area contributed by atoms with Crippen molar-refractivity contribution >= 4 is 35.2 Å². The van der Waals surface area contributed by atoms with Crippen LogP contribution in [0.2, 0.25) is 0 Å². The van der Waals surface area contributed by atoms with Crippen LogP contribution in [-0.2, 0) is 24.0 Å². The Bertz CT molecular complexity index is 921. The quantitative estimate of drug-likeness (QED) is 0.319.